The van der Waals surface area contributed by atoms with E-state index in [9.17, 15) is 9.90 Å². The lowest BCUT2D eigenvalue weighted by Crippen LogP contribution is -2.20. The zero-order valence-corrected chi connectivity index (χ0v) is 11.9. The summed E-state index contributed by atoms with van der Waals surface area (Å²) in [6, 6.07) is 1.72. The molecule has 1 unspecified atom stereocenters. The van der Waals surface area contributed by atoms with Gasteiger partial charge in [0, 0.05) is 4.88 Å². The van der Waals surface area contributed by atoms with E-state index in [0.717, 1.165) is 11.3 Å². The van der Waals surface area contributed by atoms with Gasteiger partial charge in [-0.2, -0.15) is 0 Å². The Hall–Kier alpha value is -1.07. The molecule has 0 spiro atoms. The number of aromatic carboxylic acids is 1. The summed E-state index contributed by atoms with van der Waals surface area (Å²) in [7, 11) is 0. The predicted octanol–water partition coefficient (Wildman–Crippen LogP) is 3.07. The molecule has 0 radical (unpaired) electrons. The highest BCUT2D eigenvalue weighted by atomic mass is 32.1. The Morgan fingerprint density at radius 1 is 1.53 bits per heavy atom. The number of aliphatic hydroxyl groups excluding tert-OH is 1. The molecule has 19 heavy (non-hydrogen) atoms. The van der Waals surface area contributed by atoms with Crippen molar-refractivity contribution in [2.24, 2.45) is 5.92 Å². The molecule has 4 nitrogen and oxygen atoms in total. The van der Waals surface area contributed by atoms with Crippen LogP contribution in [0.1, 0.15) is 46.7 Å². The first-order chi connectivity index (χ1) is 9.06. The molecule has 0 aromatic carbocycles. The molecule has 2 rings (SSSR count). The van der Waals surface area contributed by atoms with Crippen LogP contribution in [0.2, 0.25) is 0 Å². The number of carboxylic acid groups (broad SMARTS) is 1. The summed E-state index contributed by atoms with van der Waals surface area (Å²) >= 11 is 1.20. The van der Waals surface area contributed by atoms with Gasteiger partial charge in [-0.25, -0.2) is 4.79 Å². The summed E-state index contributed by atoms with van der Waals surface area (Å²) in [5.41, 5.74) is 0. The Kier molecular flexibility index (Phi) is 4.82. The van der Waals surface area contributed by atoms with Crippen molar-refractivity contribution in [2.75, 3.05) is 6.61 Å². The number of thiophene rings is 1. The molecule has 106 valence electrons. The Bertz CT molecular complexity index is 435. The van der Waals surface area contributed by atoms with Crippen molar-refractivity contribution in [1.29, 1.82) is 0 Å². The van der Waals surface area contributed by atoms with Crippen LogP contribution in [0, 0.1) is 12.8 Å². The molecule has 1 aromatic heterocycles. The Balaban J connectivity index is 1.85. The van der Waals surface area contributed by atoms with Crippen LogP contribution >= 0.6 is 11.3 Å². The number of hydrogen-bond acceptors (Lipinski definition) is 4. The van der Waals surface area contributed by atoms with E-state index in [1.807, 2.05) is 6.92 Å². The zero-order valence-electron chi connectivity index (χ0n) is 11.1. The number of aryl methyl sites for hydroxylation is 1. The van der Waals surface area contributed by atoms with Crippen LogP contribution in [0.5, 0.6) is 5.75 Å². The normalized spacial score (nSPS) is 17.6. The lowest BCUT2D eigenvalue weighted by Gasteiger charge is -2.15. The number of aliphatic hydroxyl groups is 1. The largest absolute Gasteiger partial charge is 0.489 e. The molecule has 1 saturated carbocycles. The topological polar surface area (TPSA) is 66.8 Å². The molecule has 0 bridgehead atoms. The van der Waals surface area contributed by atoms with Gasteiger partial charge in [0.15, 0.2) is 4.88 Å². The van der Waals surface area contributed by atoms with Gasteiger partial charge in [0.1, 0.15) is 12.4 Å². The molecule has 0 amide bonds. The average molecular weight is 284 g/mol. The van der Waals surface area contributed by atoms with Crippen LogP contribution in [0.25, 0.3) is 0 Å². The van der Waals surface area contributed by atoms with Gasteiger partial charge in [-0.3, -0.25) is 0 Å². The van der Waals surface area contributed by atoms with E-state index in [4.69, 9.17) is 9.84 Å². The third-order valence-corrected chi connectivity index (χ3v) is 4.55. The molecule has 0 aliphatic heterocycles. The highest BCUT2D eigenvalue weighted by molar-refractivity contribution is 7.14. The van der Waals surface area contributed by atoms with Gasteiger partial charge in [-0.1, -0.05) is 25.7 Å². The van der Waals surface area contributed by atoms with E-state index >= 15 is 0 Å². The maximum Gasteiger partial charge on any atom is 0.349 e. The minimum atomic E-state index is -0.974. The van der Waals surface area contributed by atoms with Gasteiger partial charge < -0.3 is 14.9 Å². The van der Waals surface area contributed by atoms with Crippen molar-refractivity contribution in [3.8, 4) is 5.75 Å². The van der Waals surface area contributed by atoms with Gasteiger partial charge in [0.05, 0.1) is 6.10 Å². The van der Waals surface area contributed by atoms with Gasteiger partial charge in [0.2, 0.25) is 0 Å². The molecule has 5 heteroatoms. The second-order valence-electron chi connectivity index (χ2n) is 5.21. The standard InChI is InChI=1S/C14H20O4S/c1-9-6-12(13(19-9)14(16)17)18-8-11(15)7-10-4-2-3-5-10/h6,10-11,15H,2-5,7-8H2,1H3,(H,16,17). The summed E-state index contributed by atoms with van der Waals surface area (Å²) in [6.45, 7) is 2.02. The summed E-state index contributed by atoms with van der Waals surface area (Å²) in [6.07, 6.45) is 5.14. The first-order valence-corrected chi connectivity index (χ1v) is 7.52. The molecule has 1 fully saturated rings. The van der Waals surface area contributed by atoms with Crippen LogP contribution in [0.15, 0.2) is 6.07 Å². The molecular formula is C14H20O4S. The van der Waals surface area contributed by atoms with E-state index in [-0.39, 0.29) is 11.5 Å². The van der Waals surface area contributed by atoms with Crippen molar-refractivity contribution >= 4 is 17.3 Å². The highest BCUT2D eigenvalue weighted by Gasteiger charge is 2.20. The first-order valence-electron chi connectivity index (χ1n) is 6.71. The summed E-state index contributed by atoms with van der Waals surface area (Å²) in [5, 5.41) is 19.0. The van der Waals surface area contributed by atoms with Crippen molar-refractivity contribution in [3.63, 3.8) is 0 Å². The Labute approximate surface area is 117 Å². The van der Waals surface area contributed by atoms with Crippen molar-refractivity contribution in [3.05, 3.63) is 15.8 Å². The SMILES string of the molecule is Cc1cc(OCC(O)CC2CCCC2)c(C(=O)O)s1. The fourth-order valence-corrected chi connectivity index (χ4v) is 3.43. The minimum Gasteiger partial charge on any atom is -0.489 e. The molecule has 1 aliphatic carbocycles. The fraction of sp³-hybridized carbons (Fsp3) is 0.643. The van der Waals surface area contributed by atoms with E-state index in [2.05, 4.69) is 0 Å². The first kappa shape index (κ1) is 14.3. The third-order valence-electron chi connectivity index (χ3n) is 3.53. The van der Waals surface area contributed by atoms with Crippen LogP contribution in [0.3, 0.4) is 0 Å². The summed E-state index contributed by atoms with van der Waals surface area (Å²) in [4.78, 5) is 12.1. The zero-order chi connectivity index (χ0) is 13.8. The lowest BCUT2D eigenvalue weighted by atomic mass is 10.0. The van der Waals surface area contributed by atoms with Gasteiger partial charge in [-0.05, 0) is 25.3 Å². The minimum absolute atomic E-state index is 0.174. The molecule has 0 saturated heterocycles. The molecular weight excluding hydrogens is 264 g/mol. The second-order valence-corrected chi connectivity index (χ2v) is 6.46. The van der Waals surface area contributed by atoms with Crippen LogP contribution in [-0.2, 0) is 0 Å². The molecule has 2 N–H and O–H groups in total. The number of carbonyl (C=O) groups is 1. The number of carboxylic acids is 1. The smallest absolute Gasteiger partial charge is 0.349 e. The molecule has 1 heterocycles. The van der Waals surface area contributed by atoms with E-state index in [0.29, 0.717) is 11.7 Å². The fourth-order valence-electron chi connectivity index (χ4n) is 2.63. The lowest BCUT2D eigenvalue weighted by molar-refractivity contribution is 0.0679. The van der Waals surface area contributed by atoms with Crippen LogP contribution in [-0.4, -0.2) is 28.9 Å². The van der Waals surface area contributed by atoms with Crippen molar-refractivity contribution < 1.29 is 19.7 Å². The molecule has 1 aliphatic rings. The van der Waals surface area contributed by atoms with Crippen LogP contribution in [0.4, 0.5) is 0 Å². The van der Waals surface area contributed by atoms with Gasteiger partial charge >= 0.3 is 5.97 Å². The average Bonchev–Trinajstić information content (AvgIpc) is 2.96. The third kappa shape index (κ3) is 3.94. The summed E-state index contributed by atoms with van der Waals surface area (Å²) < 4.78 is 5.47. The molecule has 1 atom stereocenters. The maximum absolute atomic E-state index is 11.0. The highest BCUT2D eigenvalue weighted by Crippen LogP contribution is 2.31. The number of ether oxygens (including phenoxy) is 1. The van der Waals surface area contributed by atoms with Crippen molar-refractivity contribution in [2.45, 2.75) is 45.1 Å². The van der Waals surface area contributed by atoms with E-state index < -0.39 is 12.1 Å². The Morgan fingerprint density at radius 2 is 2.21 bits per heavy atom. The monoisotopic (exact) mass is 284 g/mol. The predicted molar refractivity (Wildman–Crippen MR) is 74.1 cm³/mol. The van der Waals surface area contributed by atoms with E-state index in [1.54, 1.807) is 6.07 Å². The van der Waals surface area contributed by atoms with Gasteiger partial charge in [-0.15, -0.1) is 11.3 Å². The quantitative estimate of drug-likeness (QED) is 0.842. The molecule has 1 aromatic rings. The second kappa shape index (κ2) is 6.39. The number of hydrogen-bond donors (Lipinski definition) is 2. The summed E-state index contributed by atoms with van der Waals surface area (Å²) in [5.74, 6) is 0.000565. The Morgan fingerprint density at radius 3 is 2.84 bits per heavy atom. The van der Waals surface area contributed by atoms with E-state index in [1.165, 1.54) is 37.0 Å². The number of rotatable bonds is 6. The van der Waals surface area contributed by atoms with Gasteiger partial charge in [0.25, 0.3) is 0 Å². The van der Waals surface area contributed by atoms with Crippen molar-refractivity contribution in [1.82, 2.24) is 0 Å². The van der Waals surface area contributed by atoms with Crippen LogP contribution < -0.4 is 4.74 Å². The maximum atomic E-state index is 11.0.